The number of aliphatic carboxylic acids is 1. The Kier molecular flexibility index (Phi) is 6.89. The van der Waals surface area contributed by atoms with Gasteiger partial charge in [0.25, 0.3) is 0 Å². The highest BCUT2D eigenvalue weighted by Crippen LogP contribution is 2.11. The molecule has 2 amide bonds. The molecule has 0 unspecified atom stereocenters. The van der Waals surface area contributed by atoms with Crippen molar-refractivity contribution in [2.75, 3.05) is 11.9 Å². The van der Waals surface area contributed by atoms with Gasteiger partial charge < -0.3 is 15.7 Å². The lowest BCUT2D eigenvalue weighted by Crippen LogP contribution is -2.29. The summed E-state index contributed by atoms with van der Waals surface area (Å²) in [5.74, 6) is -0.812. The molecule has 0 aliphatic rings. The van der Waals surface area contributed by atoms with E-state index in [1.807, 2.05) is 31.2 Å². The van der Waals surface area contributed by atoms with Crippen LogP contribution in [0.25, 0.3) is 0 Å². The van der Waals surface area contributed by atoms with E-state index in [0.29, 0.717) is 18.7 Å². The van der Waals surface area contributed by atoms with Crippen molar-refractivity contribution in [3.8, 4) is 0 Å². The molecule has 5 heteroatoms. The number of carboxylic acid groups (broad SMARTS) is 1. The summed E-state index contributed by atoms with van der Waals surface area (Å²) >= 11 is 0. The van der Waals surface area contributed by atoms with Gasteiger partial charge in [-0.05, 0) is 37.5 Å². The normalized spacial score (nSPS) is 10.4. The van der Waals surface area contributed by atoms with Crippen LogP contribution in [-0.4, -0.2) is 23.7 Å². The lowest BCUT2D eigenvalue weighted by molar-refractivity contribution is -0.136. The van der Waals surface area contributed by atoms with Gasteiger partial charge in [-0.1, -0.05) is 24.3 Å². The number of benzene rings is 1. The second-order valence-corrected chi connectivity index (χ2v) is 4.33. The molecule has 0 aliphatic carbocycles. The molecule has 1 rings (SSSR count). The van der Waals surface area contributed by atoms with Gasteiger partial charge in [0.2, 0.25) is 0 Å². The highest BCUT2D eigenvalue weighted by molar-refractivity contribution is 5.89. The first kappa shape index (κ1) is 15.8. The summed E-state index contributed by atoms with van der Waals surface area (Å²) in [6, 6.07) is 6.93. The third kappa shape index (κ3) is 6.58. The van der Waals surface area contributed by atoms with Crippen LogP contribution < -0.4 is 10.6 Å². The molecule has 0 aliphatic heterocycles. The van der Waals surface area contributed by atoms with Crippen LogP contribution in [0.1, 0.15) is 25.3 Å². The fourth-order valence-corrected chi connectivity index (χ4v) is 1.62. The minimum atomic E-state index is -0.812. The van der Waals surface area contributed by atoms with Crippen LogP contribution in [0.15, 0.2) is 36.4 Å². The second kappa shape index (κ2) is 8.74. The van der Waals surface area contributed by atoms with E-state index in [0.717, 1.165) is 12.0 Å². The van der Waals surface area contributed by atoms with E-state index in [2.05, 4.69) is 10.6 Å². The van der Waals surface area contributed by atoms with Crippen LogP contribution in [0.3, 0.4) is 0 Å². The van der Waals surface area contributed by atoms with E-state index in [1.54, 1.807) is 12.1 Å². The third-order valence-electron chi connectivity index (χ3n) is 2.67. The summed E-state index contributed by atoms with van der Waals surface area (Å²) in [4.78, 5) is 22.0. The predicted molar refractivity (Wildman–Crippen MR) is 78.9 cm³/mol. The van der Waals surface area contributed by atoms with Gasteiger partial charge in [0.1, 0.15) is 0 Å². The summed E-state index contributed by atoms with van der Waals surface area (Å²) in [7, 11) is 0. The van der Waals surface area contributed by atoms with Gasteiger partial charge in [-0.2, -0.15) is 0 Å². The van der Waals surface area contributed by atoms with Gasteiger partial charge >= 0.3 is 12.0 Å². The number of amides is 2. The Morgan fingerprint density at radius 3 is 2.55 bits per heavy atom. The van der Waals surface area contributed by atoms with Crippen molar-refractivity contribution in [1.82, 2.24) is 5.32 Å². The zero-order valence-corrected chi connectivity index (χ0v) is 11.6. The van der Waals surface area contributed by atoms with Gasteiger partial charge in [0.15, 0.2) is 0 Å². The highest BCUT2D eigenvalue weighted by Gasteiger charge is 2.02. The topological polar surface area (TPSA) is 78.4 Å². The first-order chi connectivity index (χ1) is 9.61. The zero-order valence-electron chi connectivity index (χ0n) is 11.6. The molecule has 0 saturated heterocycles. The van der Waals surface area contributed by atoms with Gasteiger partial charge in [-0.15, -0.1) is 0 Å². The molecule has 0 spiro atoms. The van der Waals surface area contributed by atoms with E-state index >= 15 is 0 Å². The second-order valence-electron chi connectivity index (χ2n) is 4.33. The summed E-state index contributed by atoms with van der Waals surface area (Å²) in [5, 5.41) is 14.1. The van der Waals surface area contributed by atoms with E-state index in [-0.39, 0.29) is 12.5 Å². The standard InChI is InChI=1S/C15H20N2O3/c1-2-3-4-11-16-15(20)17-13-8-5-12(6-9-13)7-10-14(18)19/h2-3,5-6,8-9H,4,7,10-11H2,1H3,(H,18,19)(H2,16,17,20)/b3-2+. The first-order valence-electron chi connectivity index (χ1n) is 6.58. The Balaban J connectivity index is 2.36. The molecule has 0 radical (unpaired) electrons. The molecule has 0 aromatic heterocycles. The Hall–Kier alpha value is -2.30. The Labute approximate surface area is 118 Å². The lowest BCUT2D eigenvalue weighted by atomic mass is 10.1. The minimum absolute atomic E-state index is 0.109. The number of carboxylic acids is 1. The number of aryl methyl sites for hydroxylation is 1. The monoisotopic (exact) mass is 276 g/mol. The SMILES string of the molecule is C/C=C/CCNC(=O)Nc1ccc(CCC(=O)O)cc1. The molecule has 0 heterocycles. The summed E-state index contributed by atoms with van der Waals surface area (Å²) in [6.45, 7) is 2.53. The van der Waals surface area contributed by atoms with Crippen molar-refractivity contribution >= 4 is 17.7 Å². The van der Waals surface area contributed by atoms with Gasteiger partial charge in [0, 0.05) is 18.7 Å². The van der Waals surface area contributed by atoms with Crippen molar-refractivity contribution in [3.05, 3.63) is 42.0 Å². The van der Waals surface area contributed by atoms with Crippen LogP contribution in [0, 0.1) is 0 Å². The van der Waals surface area contributed by atoms with Crippen molar-refractivity contribution in [2.24, 2.45) is 0 Å². The Bertz CT molecular complexity index is 467. The Morgan fingerprint density at radius 2 is 1.95 bits per heavy atom. The molecular weight excluding hydrogens is 256 g/mol. The van der Waals surface area contributed by atoms with Crippen molar-refractivity contribution in [2.45, 2.75) is 26.2 Å². The third-order valence-corrected chi connectivity index (χ3v) is 2.67. The molecule has 1 aromatic carbocycles. The fraction of sp³-hybridized carbons (Fsp3) is 0.333. The van der Waals surface area contributed by atoms with Crippen LogP contribution >= 0.6 is 0 Å². The number of carbonyl (C=O) groups is 2. The molecular formula is C15H20N2O3. The number of carbonyl (C=O) groups excluding carboxylic acids is 1. The van der Waals surface area contributed by atoms with E-state index in [1.165, 1.54) is 0 Å². The fourth-order valence-electron chi connectivity index (χ4n) is 1.62. The first-order valence-corrected chi connectivity index (χ1v) is 6.58. The molecule has 0 atom stereocenters. The van der Waals surface area contributed by atoms with E-state index < -0.39 is 5.97 Å². The number of hydrogen-bond donors (Lipinski definition) is 3. The molecule has 20 heavy (non-hydrogen) atoms. The van der Waals surface area contributed by atoms with Gasteiger partial charge in [-0.25, -0.2) is 4.79 Å². The number of hydrogen-bond acceptors (Lipinski definition) is 2. The van der Waals surface area contributed by atoms with Crippen molar-refractivity contribution < 1.29 is 14.7 Å². The van der Waals surface area contributed by atoms with Crippen LogP contribution in [0.5, 0.6) is 0 Å². The zero-order chi connectivity index (χ0) is 14.8. The van der Waals surface area contributed by atoms with Crippen LogP contribution in [-0.2, 0) is 11.2 Å². The number of anilines is 1. The number of urea groups is 1. The predicted octanol–water partition coefficient (Wildman–Crippen LogP) is 2.79. The number of allylic oxidation sites excluding steroid dienone is 1. The largest absolute Gasteiger partial charge is 0.481 e. The molecule has 108 valence electrons. The van der Waals surface area contributed by atoms with E-state index in [4.69, 9.17) is 5.11 Å². The molecule has 3 N–H and O–H groups in total. The Morgan fingerprint density at radius 1 is 1.25 bits per heavy atom. The maximum Gasteiger partial charge on any atom is 0.319 e. The van der Waals surface area contributed by atoms with E-state index in [9.17, 15) is 9.59 Å². The molecule has 5 nitrogen and oxygen atoms in total. The van der Waals surface area contributed by atoms with Gasteiger partial charge in [0.05, 0.1) is 0 Å². The maximum absolute atomic E-state index is 11.6. The smallest absolute Gasteiger partial charge is 0.319 e. The number of rotatable bonds is 7. The average Bonchev–Trinajstić information content (AvgIpc) is 2.43. The molecule has 0 bridgehead atoms. The maximum atomic E-state index is 11.6. The quantitative estimate of drug-likeness (QED) is 0.529. The molecule has 0 fully saturated rings. The minimum Gasteiger partial charge on any atom is -0.481 e. The number of nitrogens with one attached hydrogen (secondary N) is 2. The average molecular weight is 276 g/mol. The summed E-state index contributed by atoms with van der Waals surface area (Å²) in [6.07, 6.45) is 5.33. The van der Waals surface area contributed by atoms with Gasteiger partial charge in [-0.3, -0.25) is 4.79 Å². The molecule has 1 aromatic rings. The van der Waals surface area contributed by atoms with Crippen LogP contribution in [0.4, 0.5) is 10.5 Å². The summed E-state index contributed by atoms with van der Waals surface area (Å²) < 4.78 is 0. The van der Waals surface area contributed by atoms with Crippen LogP contribution in [0.2, 0.25) is 0 Å². The van der Waals surface area contributed by atoms with Crippen molar-refractivity contribution in [3.63, 3.8) is 0 Å². The molecule has 0 saturated carbocycles. The highest BCUT2D eigenvalue weighted by atomic mass is 16.4. The lowest BCUT2D eigenvalue weighted by Gasteiger charge is -2.07. The summed E-state index contributed by atoms with van der Waals surface area (Å²) in [5.41, 5.74) is 1.62. The van der Waals surface area contributed by atoms with Crippen molar-refractivity contribution in [1.29, 1.82) is 0 Å².